The maximum absolute atomic E-state index is 5.78. The van der Waals surface area contributed by atoms with Crippen molar-refractivity contribution in [3.63, 3.8) is 0 Å². The number of hydrogen-bond donors (Lipinski definition) is 0. The van der Waals surface area contributed by atoms with Crippen molar-refractivity contribution >= 4 is 0 Å². The summed E-state index contributed by atoms with van der Waals surface area (Å²) in [5, 5.41) is 0. The van der Waals surface area contributed by atoms with Gasteiger partial charge in [-0.2, -0.15) is 0 Å². The van der Waals surface area contributed by atoms with E-state index in [1.165, 1.54) is 5.56 Å². The van der Waals surface area contributed by atoms with E-state index in [0.29, 0.717) is 6.04 Å². The molecule has 1 atom stereocenters. The summed E-state index contributed by atoms with van der Waals surface area (Å²) in [5.74, 6) is 0. The first-order valence-electron chi connectivity index (χ1n) is 6.55. The molecule has 0 radical (unpaired) electrons. The summed E-state index contributed by atoms with van der Waals surface area (Å²) >= 11 is 0. The molecular weight excluding hydrogens is 210 g/mol. The summed E-state index contributed by atoms with van der Waals surface area (Å²) < 4.78 is 5.78. The standard InChI is InChI=1S/C15H23NO/c1-4-14(13-8-6-5-7-9-13)16-10-11-17-15(2,3)12-16/h5-9,14H,4,10-12H2,1-3H3. The fraction of sp³-hybridized carbons (Fsp3) is 0.600. The van der Waals surface area contributed by atoms with Crippen LogP contribution in [0.15, 0.2) is 30.3 Å². The van der Waals surface area contributed by atoms with Gasteiger partial charge in [-0.3, -0.25) is 4.90 Å². The van der Waals surface area contributed by atoms with E-state index in [1.807, 2.05) is 0 Å². The highest BCUT2D eigenvalue weighted by Crippen LogP contribution is 2.28. The summed E-state index contributed by atoms with van der Waals surface area (Å²) in [6.45, 7) is 9.52. The van der Waals surface area contributed by atoms with E-state index < -0.39 is 0 Å². The number of benzene rings is 1. The van der Waals surface area contributed by atoms with Gasteiger partial charge in [0.15, 0.2) is 0 Å². The third kappa shape index (κ3) is 3.08. The molecule has 1 saturated heterocycles. The van der Waals surface area contributed by atoms with Crippen molar-refractivity contribution in [3.05, 3.63) is 35.9 Å². The quantitative estimate of drug-likeness (QED) is 0.794. The molecule has 2 heteroatoms. The molecule has 0 amide bonds. The minimum atomic E-state index is -0.0134. The van der Waals surface area contributed by atoms with Gasteiger partial charge in [0.1, 0.15) is 0 Å². The highest BCUT2D eigenvalue weighted by molar-refractivity contribution is 5.19. The molecule has 0 saturated carbocycles. The zero-order valence-corrected chi connectivity index (χ0v) is 11.1. The van der Waals surface area contributed by atoms with Crippen molar-refractivity contribution in [2.75, 3.05) is 19.7 Å². The number of hydrogen-bond acceptors (Lipinski definition) is 2. The van der Waals surface area contributed by atoms with Gasteiger partial charge in [-0.1, -0.05) is 37.3 Å². The van der Waals surface area contributed by atoms with E-state index in [4.69, 9.17) is 4.74 Å². The molecule has 0 N–H and O–H groups in total. The van der Waals surface area contributed by atoms with E-state index >= 15 is 0 Å². The van der Waals surface area contributed by atoms with Gasteiger partial charge < -0.3 is 4.74 Å². The van der Waals surface area contributed by atoms with Gasteiger partial charge in [-0.05, 0) is 25.8 Å². The van der Waals surface area contributed by atoms with Crippen molar-refractivity contribution in [2.24, 2.45) is 0 Å². The molecule has 0 bridgehead atoms. The van der Waals surface area contributed by atoms with Gasteiger partial charge in [0.05, 0.1) is 12.2 Å². The Bertz CT molecular complexity index is 347. The van der Waals surface area contributed by atoms with Crippen molar-refractivity contribution in [2.45, 2.75) is 38.8 Å². The van der Waals surface area contributed by atoms with Crippen LogP contribution in [0.4, 0.5) is 0 Å². The molecule has 1 unspecified atom stereocenters. The molecule has 2 nitrogen and oxygen atoms in total. The van der Waals surface area contributed by atoms with Gasteiger partial charge in [0.2, 0.25) is 0 Å². The van der Waals surface area contributed by atoms with Crippen LogP contribution in [-0.4, -0.2) is 30.2 Å². The van der Waals surface area contributed by atoms with Crippen LogP contribution in [0.25, 0.3) is 0 Å². The lowest BCUT2D eigenvalue weighted by Crippen LogP contribution is -2.49. The van der Waals surface area contributed by atoms with Crippen molar-refractivity contribution in [3.8, 4) is 0 Å². The van der Waals surface area contributed by atoms with E-state index in [1.54, 1.807) is 0 Å². The number of nitrogens with zero attached hydrogens (tertiary/aromatic N) is 1. The zero-order chi connectivity index (χ0) is 12.3. The Morgan fingerprint density at radius 3 is 2.59 bits per heavy atom. The Hall–Kier alpha value is -0.860. The highest BCUT2D eigenvalue weighted by atomic mass is 16.5. The lowest BCUT2D eigenvalue weighted by molar-refractivity contribution is -0.0980. The predicted molar refractivity (Wildman–Crippen MR) is 71.1 cm³/mol. The Kier molecular flexibility index (Phi) is 3.85. The third-order valence-electron chi connectivity index (χ3n) is 3.47. The molecule has 0 spiro atoms. The molecule has 1 heterocycles. The number of rotatable bonds is 3. The Labute approximate surface area is 105 Å². The third-order valence-corrected chi connectivity index (χ3v) is 3.47. The molecule has 1 aromatic carbocycles. The number of ether oxygens (including phenoxy) is 1. The van der Waals surface area contributed by atoms with Crippen LogP contribution < -0.4 is 0 Å². The van der Waals surface area contributed by atoms with Crippen molar-refractivity contribution in [1.29, 1.82) is 0 Å². The fourth-order valence-corrected chi connectivity index (χ4v) is 2.70. The molecule has 1 aliphatic heterocycles. The van der Waals surface area contributed by atoms with Crippen molar-refractivity contribution in [1.82, 2.24) is 4.90 Å². The Morgan fingerprint density at radius 1 is 1.29 bits per heavy atom. The second kappa shape index (κ2) is 5.19. The lowest BCUT2D eigenvalue weighted by atomic mass is 9.99. The van der Waals surface area contributed by atoms with Crippen LogP contribution in [0.1, 0.15) is 38.8 Å². The summed E-state index contributed by atoms with van der Waals surface area (Å²) in [6.07, 6.45) is 1.15. The normalized spacial score (nSPS) is 22.3. The van der Waals surface area contributed by atoms with Gasteiger partial charge in [-0.15, -0.1) is 0 Å². The van der Waals surface area contributed by atoms with Crippen LogP contribution in [0.3, 0.4) is 0 Å². The fourth-order valence-electron chi connectivity index (χ4n) is 2.70. The first-order valence-corrected chi connectivity index (χ1v) is 6.55. The van der Waals surface area contributed by atoms with Gasteiger partial charge in [0.25, 0.3) is 0 Å². The van der Waals surface area contributed by atoms with Crippen LogP contribution in [-0.2, 0) is 4.74 Å². The van der Waals surface area contributed by atoms with E-state index in [9.17, 15) is 0 Å². The maximum Gasteiger partial charge on any atom is 0.0753 e. The average molecular weight is 233 g/mol. The molecule has 1 fully saturated rings. The molecule has 1 aromatic rings. The largest absolute Gasteiger partial charge is 0.373 e. The highest BCUT2D eigenvalue weighted by Gasteiger charge is 2.31. The summed E-state index contributed by atoms with van der Waals surface area (Å²) in [6, 6.07) is 11.3. The van der Waals surface area contributed by atoms with Crippen molar-refractivity contribution < 1.29 is 4.74 Å². The molecule has 1 aliphatic rings. The van der Waals surface area contributed by atoms with E-state index in [0.717, 1.165) is 26.1 Å². The minimum Gasteiger partial charge on any atom is -0.373 e. The monoisotopic (exact) mass is 233 g/mol. The van der Waals surface area contributed by atoms with Gasteiger partial charge >= 0.3 is 0 Å². The Morgan fingerprint density at radius 2 is 2.00 bits per heavy atom. The van der Waals surface area contributed by atoms with E-state index in [2.05, 4.69) is 56.0 Å². The van der Waals surface area contributed by atoms with E-state index in [-0.39, 0.29) is 5.60 Å². The second-order valence-corrected chi connectivity index (χ2v) is 5.41. The first-order chi connectivity index (χ1) is 8.12. The Balaban J connectivity index is 2.13. The molecule has 2 rings (SSSR count). The van der Waals surface area contributed by atoms with Crippen LogP contribution in [0, 0.1) is 0 Å². The topological polar surface area (TPSA) is 12.5 Å². The molecule has 0 aromatic heterocycles. The number of morpholine rings is 1. The van der Waals surface area contributed by atoms with Gasteiger partial charge in [0, 0.05) is 19.1 Å². The van der Waals surface area contributed by atoms with Crippen LogP contribution >= 0.6 is 0 Å². The zero-order valence-electron chi connectivity index (χ0n) is 11.1. The van der Waals surface area contributed by atoms with Crippen LogP contribution in [0.5, 0.6) is 0 Å². The molecule has 17 heavy (non-hydrogen) atoms. The van der Waals surface area contributed by atoms with Crippen LogP contribution in [0.2, 0.25) is 0 Å². The average Bonchev–Trinajstić information content (AvgIpc) is 2.30. The molecule has 0 aliphatic carbocycles. The smallest absolute Gasteiger partial charge is 0.0753 e. The molecular formula is C15H23NO. The summed E-state index contributed by atoms with van der Waals surface area (Å²) in [5.41, 5.74) is 1.41. The molecule has 94 valence electrons. The minimum absolute atomic E-state index is 0.0134. The maximum atomic E-state index is 5.78. The second-order valence-electron chi connectivity index (χ2n) is 5.41. The van der Waals surface area contributed by atoms with Gasteiger partial charge in [-0.25, -0.2) is 0 Å². The summed E-state index contributed by atoms with van der Waals surface area (Å²) in [7, 11) is 0. The summed E-state index contributed by atoms with van der Waals surface area (Å²) in [4.78, 5) is 2.55. The lowest BCUT2D eigenvalue weighted by Gasteiger charge is -2.42. The predicted octanol–water partition coefficient (Wildman–Crippen LogP) is 3.25. The SMILES string of the molecule is CCC(c1ccccc1)N1CCOC(C)(C)C1. The first kappa shape index (κ1) is 12.6.